The molecule has 0 spiro atoms. The van der Waals surface area contributed by atoms with Crippen LogP contribution in [0.4, 0.5) is 0 Å². The molecule has 0 saturated carbocycles. The van der Waals surface area contributed by atoms with Gasteiger partial charge in [0, 0.05) is 59.9 Å². The summed E-state index contributed by atoms with van der Waals surface area (Å²) in [5, 5.41) is 9.47. The van der Waals surface area contributed by atoms with E-state index in [9.17, 15) is 0 Å². The third-order valence-corrected chi connectivity index (χ3v) is 14.3. The van der Waals surface area contributed by atoms with Crippen molar-refractivity contribution in [3.05, 3.63) is 243 Å². The number of hydrogen-bond donors (Lipinski definition) is 0. The average Bonchev–Trinajstić information content (AvgIpc) is 4.16. The minimum atomic E-state index is 0.850. The van der Waals surface area contributed by atoms with Crippen molar-refractivity contribution in [2.75, 3.05) is 0 Å². The molecule has 0 aliphatic carbocycles. The van der Waals surface area contributed by atoms with E-state index in [0.29, 0.717) is 0 Å². The van der Waals surface area contributed by atoms with Crippen LogP contribution in [0.1, 0.15) is 0 Å². The zero-order valence-electron chi connectivity index (χ0n) is 37.8. The zero-order chi connectivity index (χ0) is 45.9. The van der Waals surface area contributed by atoms with E-state index in [4.69, 9.17) is 9.97 Å². The third kappa shape index (κ3) is 5.62. The Balaban J connectivity index is 0.992. The topological polar surface area (TPSA) is 45.5 Å². The van der Waals surface area contributed by atoms with Crippen molar-refractivity contribution in [3.8, 4) is 45.5 Å². The lowest BCUT2D eigenvalue weighted by Gasteiger charge is -2.14. The molecule has 15 rings (SSSR count). The number of fused-ring (bicyclic) bond motifs is 13. The first-order chi connectivity index (χ1) is 34.7. The summed E-state index contributed by atoms with van der Waals surface area (Å²) in [6.07, 6.45) is 0. The molecule has 0 aliphatic rings. The van der Waals surface area contributed by atoms with E-state index in [0.717, 1.165) is 89.5 Å². The van der Waals surface area contributed by atoms with Gasteiger partial charge >= 0.3 is 0 Å². The number of hydrogen-bond acceptors (Lipinski definition) is 2. The van der Waals surface area contributed by atoms with Crippen LogP contribution in [-0.2, 0) is 0 Å². The Morgan fingerprint density at radius 1 is 0.229 bits per heavy atom. The van der Waals surface area contributed by atoms with Crippen LogP contribution >= 0.6 is 0 Å². The highest BCUT2D eigenvalue weighted by Gasteiger charge is 2.24. The maximum Gasteiger partial charge on any atom is 0.140 e. The molecular formula is C64H40N6. The van der Waals surface area contributed by atoms with E-state index in [-0.39, 0.29) is 0 Å². The number of benzene rings is 9. The number of para-hydroxylation sites is 5. The minimum Gasteiger partial charge on any atom is -0.309 e. The first-order valence-electron chi connectivity index (χ1n) is 23.8. The Morgan fingerprint density at radius 3 is 1.17 bits per heavy atom. The molecule has 326 valence electrons. The van der Waals surface area contributed by atoms with Crippen LogP contribution in [0.5, 0.6) is 0 Å². The summed E-state index contributed by atoms with van der Waals surface area (Å²) in [6, 6.07) is 87.1. The molecule has 0 fully saturated rings. The number of pyridine rings is 2. The molecule has 70 heavy (non-hydrogen) atoms. The second-order valence-electron chi connectivity index (χ2n) is 18.2. The smallest absolute Gasteiger partial charge is 0.140 e. The van der Waals surface area contributed by atoms with Gasteiger partial charge in [-0.1, -0.05) is 170 Å². The fourth-order valence-electron chi connectivity index (χ4n) is 11.4. The largest absolute Gasteiger partial charge is 0.309 e. The van der Waals surface area contributed by atoms with Gasteiger partial charge in [-0.25, -0.2) is 9.97 Å². The Labute approximate surface area is 401 Å². The lowest BCUT2D eigenvalue weighted by molar-refractivity contribution is 1.01. The van der Waals surface area contributed by atoms with Crippen LogP contribution in [0.2, 0.25) is 0 Å². The summed E-state index contributed by atoms with van der Waals surface area (Å²) in [4.78, 5) is 10.9. The quantitative estimate of drug-likeness (QED) is 0.167. The second-order valence-corrected chi connectivity index (χ2v) is 18.2. The second kappa shape index (κ2) is 15.0. The third-order valence-electron chi connectivity index (χ3n) is 14.3. The predicted molar refractivity (Wildman–Crippen MR) is 290 cm³/mol. The molecule has 0 bridgehead atoms. The van der Waals surface area contributed by atoms with Crippen LogP contribution in [-0.4, -0.2) is 28.2 Å². The SMILES string of the molecule is c1ccc(-c2cc(-n3c4ccccc4c4cc5c(cc43)c3ccccc3n5-c3cccc(-n4c5ccccc5c5ccc6c7ccccc7n(-c7ccccc7)c6c54)n3)cc(-c3ccccc3)n2)cc1. The lowest BCUT2D eigenvalue weighted by atomic mass is 10.1. The molecule has 6 nitrogen and oxygen atoms in total. The zero-order valence-corrected chi connectivity index (χ0v) is 37.8. The Hall–Kier alpha value is -9.52. The molecule has 0 atom stereocenters. The van der Waals surface area contributed by atoms with Gasteiger partial charge in [-0.05, 0) is 72.8 Å². The van der Waals surface area contributed by atoms with Crippen LogP contribution < -0.4 is 0 Å². The van der Waals surface area contributed by atoms with E-state index < -0.39 is 0 Å². The van der Waals surface area contributed by atoms with Gasteiger partial charge in [-0.3, -0.25) is 9.13 Å². The predicted octanol–water partition coefficient (Wildman–Crippen LogP) is 16.2. The number of aromatic nitrogens is 6. The van der Waals surface area contributed by atoms with Crippen molar-refractivity contribution >= 4 is 87.2 Å². The normalized spacial score (nSPS) is 12.0. The van der Waals surface area contributed by atoms with Crippen LogP contribution in [0.25, 0.3) is 133 Å². The van der Waals surface area contributed by atoms with Crippen molar-refractivity contribution in [2.45, 2.75) is 0 Å². The number of rotatable bonds is 6. The van der Waals surface area contributed by atoms with Gasteiger partial charge in [0.25, 0.3) is 0 Å². The Morgan fingerprint density at radius 2 is 0.629 bits per heavy atom. The highest BCUT2D eigenvalue weighted by Crippen LogP contribution is 2.43. The van der Waals surface area contributed by atoms with Gasteiger partial charge in [0.2, 0.25) is 0 Å². The van der Waals surface area contributed by atoms with E-state index in [1.807, 2.05) is 0 Å². The van der Waals surface area contributed by atoms with E-state index in [2.05, 4.69) is 261 Å². The fourth-order valence-corrected chi connectivity index (χ4v) is 11.4. The molecule has 0 unspecified atom stereocenters. The lowest BCUT2D eigenvalue weighted by Crippen LogP contribution is -2.04. The summed E-state index contributed by atoms with van der Waals surface area (Å²) < 4.78 is 9.60. The first-order valence-corrected chi connectivity index (χ1v) is 23.8. The summed E-state index contributed by atoms with van der Waals surface area (Å²) in [6.45, 7) is 0. The fraction of sp³-hybridized carbons (Fsp3) is 0. The molecule has 6 aromatic heterocycles. The van der Waals surface area contributed by atoms with E-state index in [1.54, 1.807) is 0 Å². The first kappa shape index (κ1) is 38.6. The summed E-state index contributed by atoms with van der Waals surface area (Å²) >= 11 is 0. The monoisotopic (exact) mass is 892 g/mol. The van der Waals surface area contributed by atoms with Crippen LogP contribution in [0.15, 0.2) is 243 Å². The molecular weight excluding hydrogens is 853 g/mol. The van der Waals surface area contributed by atoms with Crippen molar-refractivity contribution in [1.82, 2.24) is 28.2 Å². The highest BCUT2D eigenvalue weighted by atomic mass is 15.1. The van der Waals surface area contributed by atoms with Gasteiger partial charge in [-0.2, -0.15) is 0 Å². The van der Waals surface area contributed by atoms with Gasteiger partial charge in [-0.15, -0.1) is 0 Å². The molecule has 0 N–H and O–H groups in total. The molecule has 0 saturated heterocycles. The minimum absolute atomic E-state index is 0.850. The molecule has 0 amide bonds. The van der Waals surface area contributed by atoms with Gasteiger partial charge in [0.05, 0.1) is 61.2 Å². The maximum absolute atomic E-state index is 5.70. The Bertz CT molecular complexity index is 4520. The summed E-state index contributed by atoms with van der Waals surface area (Å²) in [5.41, 5.74) is 15.2. The molecule has 9 aromatic carbocycles. The van der Waals surface area contributed by atoms with Crippen molar-refractivity contribution in [3.63, 3.8) is 0 Å². The van der Waals surface area contributed by atoms with Gasteiger partial charge in [0.15, 0.2) is 0 Å². The summed E-state index contributed by atoms with van der Waals surface area (Å²) in [7, 11) is 0. The van der Waals surface area contributed by atoms with Crippen molar-refractivity contribution in [1.29, 1.82) is 0 Å². The standard InChI is InChI=1S/C64H40N6/c1-4-19-41(20-5-1)53-37-44(38-54(65-53)42-21-6-2-7-22-42)67-55-29-14-12-27-47(55)51-40-60-52(39-59(51)67)48-28-13-16-31-57(48)69(60)61-33-18-34-62(66-61)70-58-32-17-11-26-46(58)50-36-35-49-45-25-10-15-30-56(45)68(63(49)64(50)70)43-23-8-3-9-24-43/h1-40H. The van der Waals surface area contributed by atoms with Crippen molar-refractivity contribution < 1.29 is 0 Å². The molecule has 6 heterocycles. The van der Waals surface area contributed by atoms with Gasteiger partial charge < -0.3 is 9.13 Å². The molecule has 15 aromatic rings. The highest BCUT2D eigenvalue weighted by molar-refractivity contribution is 6.24. The maximum atomic E-state index is 5.70. The van der Waals surface area contributed by atoms with Crippen molar-refractivity contribution in [2.24, 2.45) is 0 Å². The molecule has 0 radical (unpaired) electrons. The number of nitrogens with zero attached hydrogens (tertiary/aromatic N) is 6. The van der Waals surface area contributed by atoms with E-state index in [1.165, 1.54) is 43.2 Å². The van der Waals surface area contributed by atoms with Gasteiger partial charge in [0.1, 0.15) is 11.6 Å². The van der Waals surface area contributed by atoms with Crippen LogP contribution in [0.3, 0.4) is 0 Å². The van der Waals surface area contributed by atoms with Crippen LogP contribution in [0, 0.1) is 0 Å². The van der Waals surface area contributed by atoms with E-state index >= 15 is 0 Å². The Kier molecular flexibility index (Phi) is 8.26. The average molecular weight is 893 g/mol. The summed E-state index contributed by atoms with van der Waals surface area (Å²) in [5.74, 6) is 1.70. The molecule has 6 heteroatoms. The molecule has 0 aliphatic heterocycles.